The van der Waals surface area contributed by atoms with Crippen molar-refractivity contribution in [3.05, 3.63) is 59.7 Å². The number of carboxylic acid groups (broad SMARTS) is 1. The van der Waals surface area contributed by atoms with E-state index >= 15 is 0 Å². The van der Waals surface area contributed by atoms with Crippen LogP contribution in [0.25, 0.3) is 11.1 Å². The number of benzene rings is 2. The Morgan fingerprint density at radius 1 is 1.00 bits per heavy atom. The monoisotopic (exact) mass is 379 g/mol. The van der Waals surface area contributed by atoms with Gasteiger partial charge in [0.1, 0.15) is 12.6 Å². The van der Waals surface area contributed by atoms with Crippen molar-refractivity contribution in [3.8, 4) is 11.1 Å². The second-order valence-corrected chi connectivity index (χ2v) is 6.07. The second-order valence-electron chi connectivity index (χ2n) is 6.07. The standard InChI is InChI=1S/C19H16F3NO4/c20-15(18(24)25)16(17(21)22)23-19(26)27-9-14-12-7-3-1-5-10(12)11-6-2-4-8-13(11)14/h1-8,14-17H,9H2,(H,23,26)(H,24,25)/t15?,16-/m0/s1. The molecule has 27 heavy (non-hydrogen) atoms. The van der Waals surface area contributed by atoms with E-state index in [1.165, 1.54) is 0 Å². The number of halogens is 3. The maximum atomic E-state index is 13.4. The van der Waals surface area contributed by atoms with Crippen molar-refractivity contribution in [1.82, 2.24) is 5.32 Å². The molecule has 2 atom stereocenters. The van der Waals surface area contributed by atoms with Gasteiger partial charge in [-0.05, 0) is 22.3 Å². The predicted octanol–water partition coefficient (Wildman–Crippen LogP) is 3.58. The molecule has 1 amide bonds. The van der Waals surface area contributed by atoms with Gasteiger partial charge >= 0.3 is 12.1 Å². The summed E-state index contributed by atoms with van der Waals surface area (Å²) >= 11 is 0. The Morgan fingerprint density at radius 2 is 1.52 bits per heavy atom. The zero-order valence-electron chi connectivity index (χ0n) is 13.9. The van der Waals surface area contributed by atoms with E-state index in [1.54, 1.807) is 5.32 Å². The van der Waals surface area contributed by atoms with E-state index in [-0.39, 0.29) is 12.5 Å². The molecular weight excluding hydrogens is 363 g/mol. The summed E-state index contributed by atoms with van der Waals surface area (Å²) in [6.45, 7) is -0.153. The van der Waals surface area contributed by atoms with Crippen molar-refractivity contribution in [2.24, 2.45) is 0 Å². The highest BCUT2D eigenvalue weighted by Gasteiger charge is 2.37. The molecule has 1 unspecified atom stereocenters. The van der Waals surface area contributed by atoms with E-state index in [1.807, 2.05) is 48.5 Å². The van der Waals surface area contributed by atoms with Crippen molar-refractivity contribution >= 4 is 12.1 Å². The topological polar surface area (TPSA) is 75.6 Å². The van der Waals surface area contributed by atoms with Crippen LogP contribution in [0.4, 0.5) is 18.0 Å². The molecule has 0 radical (unpaired) electrons. The number of rotatable bonds is 6. The maximum absolute atomic E-state index is 13.4. The van der Waals surface area contributed by atoms with E-state index in [0.717, 1.165) is 22.3 Å². The fourth-order valence-corrected chi connectivity index (χ4v) is 3.19. The second kappa shape index (κ2) is 7.69. The van der Waals surface area contributed by atoms with Crippen LogP contribution in [0.15, 0.2) is 48.5 Å². The van der Waals surface area contributed by atoms with Crippen LogP contribution in [0, 0.1) is 0 Å². The van der Waals surface area contributed by atoms with Crippen LogP contribution in [-0.2, 0) is 9.53 Å². The summed E-state index contributed by atoms with van der Waals surface area (Å²) < 4.78 is 44.1. The highest BCUT2D eigenvalue weighted by molar-refractivity contribution is 5.79. The van der Waals surface area contributed by atoms with Gasteiger partial charge in [0.15, 0.2) is 0 Å². The Bertz CT molecular complexity index is 813. The van der Waals surface area contributed by atoms with Gasteiger partial charge in [0.25, 0.3) is 6.43 Å². The molecular formula is C19H16F3NO4. The summed E-state index contributed by atoms with van der Waals surface area (Å²) in [4.78, 5) is 22.4. The number of hydrogen-bond donors (Lipinski definition) is 2. The lowest BCUT2D eigenvalue weighted by Gasteiger charge is -2.20. The van der Waals surface area contributed by atoms with Crippen LogP contribution in [0.3, 0.4) is 0 Å². The van der Waals surface area contributed by atoms with Crippen LogP contribution in [0.1, 0.15) is 17.0 Å². The number of carboxylic acids is 1. The van der Waals surface area contributed by atoms with Crippen LogP contribution in [0.2, 0.25) is 0 Å². The van der Waals surface area contributed by atoms with Crippen molar-refractivity contribution in [2.45, 2.75) is 24.6 Å². The first-order chi connectivity index (χ1) is 12.9. The minimum atomic E-state index is -3.39. The molecule has 2 aromatic rings. The predicted molar refractivity (Wildman–Crippen MR) is 90.5 cm³/mol. The number of alkyl carbamates (subject to hydrolysis) is 1. The van der Waals surface area contributed by atoms with E-state index in [2.05, 4.69) is 0 Å². The van der Waals surface area contributed by atoms with Crippen molar-refractivity contribution in [1.29, 1.82) is 0 Å². The molecule has 0 heterocycles. The first kappa shape index (κ1) is 18.8. The van der Waals surface area contributed by atoms with Gasteiger partial charge in [0.2, 0.25) is 6.17 Å². The van der Waals surface area contributed by atoms with Crippen molar-refractivity contribution < 1.29 is 32.6 Å². The normalized spacial score (nSPS) is 15.0. The van der Waals surface area contributed by atoms with Crippen LogP contribution >= 0.6 is 0 Å². The summed E-state index contributed by atoms with van der Waals surface area (Å²) in [5.74, 6) is -2.38. The van der Waals surface area contributed by atoms with Crippen molar-refractivity contribution in [2.75, 3.05) is 6.61 Å². The zero-order chi connectivity index (χ0) is 19.6. The Balaban J connectivity index is 1.71. The third-order valence-electron chi connectivity index (χ3n) is 4.45. The third-order valence-corrected chi connectivity index (χ3v) is 4.45. The highest BCUT2D eigenvalue weighted by atomic mass is 19.3. The quantitative estimate of drug-likeness (QED) is 0.805. The molecule has 1 aliphatic rings. The van der Waals surface area contributed by atoms with Crippen LogP contribution < -0.4 is 5.32 Å². The number of nitrogens with one attached hydrogen (secondary N) is 1. The first-order valence-electron chi connectivity index (χ1n) is 8.16. The largest absolute Gasteiger partial charge is 0.479 e. The van der Waals surface area contributed by atoms with Gasteiger partial charge < -0.3 is 15.2 Å². The third kappa shape index (κ3) is 3.74. The number of hydrogen-bond acceptors (Lipinski definition) is 3. The summed E-state index contributed by atoms with van der Waals surface area (Å²) in [5, 5.41) is 10.1. The Kier molecular flexibility index (Phi) is 5.34. The molecule has 8 heteroatoms. The average molecular weight is 379 g/mol. The Hall–Kier alpha value is -3.03. The average Bonchev–Trinajstić information content (AvgIpc) is 2.97. The maximum Gasteiger partial charge on any atom is 0.407 e. The fourth-order valence-electron chi connectivity index (χ4n) is 3.19. The molecule has 3 rings (SSSR count). The van der Waals surface area contributed by atoms with Crippen LogP contribution in [-0.4, -0.2) is 42.4 Å². The molecule has 0 spiro atoms. The van der Waals surface area contributed by atoms with Crippen molar-refractivity contribution in [3.63, 3.8) is 0 Å². The van der Waals surface area contributed by atoms with Gasteiger partial charge in [-0.3, -0.25) is 0 Å². The molecule has 2 aromatic carbocycles. The fraction of sp³-hybridized carbons (Fsp3) is 0.263. The number of carbonyl (C=O) groups excluding carboxylic acids is 1. The van der Waals surface area contributed by atoms with Crippen LogP contribution in [0.5, 0.6) is 0 Å². The van der Waals surface area contributed by atoms with E-state index in [9.17, 15) is 22.8 Å². The molecule has 0 saturated carbocycles. The minimum absolute atomic E-state index is 0.153. The summed E-state index contributed by atoms with van der Waals surface area (Å²) in [7, 11) is 0. The van der Waals surface area contributed by atoms with Gasteiger partial charge in [-0.2, -0.15) is 0 Å². The molecule has 0 aliphatic heterocycles. The molecule has 142 valence electrons. The summed E-state index contributed by atoms with van der Waals surface area (Å²) in [6, 6.07) is 12.6. The SMILES string of the molecule is O=C(N[C@H](C(F)F)C(F)C(=O)O)OCC1c2ccccc2-c2ccccc21. The van der Waals surface area contributed by atoms with Gasteiger partial charge in [0.05, 0.1) is 0 Å². The van der Waals surface area contributed by atoms with Gasteiger partial charge in [0, 0.05) is 5.92 Å². The summed E-state index contributed by atoms with van der Waals surface area (Å²) in [6.07, 6.45) is -7.63. The van der Waals surface area contributed by atoms with E-state index in [0.29, 0.717) is 0 Å². The number of ether oxygens (including phenoxy) is 1. The lowest BCUT2D eigenvalue weighted by molar-refractivity contribution is -0.145. The number of amides is 1. The van der Waals surface area contributed by atoms with E-state index < -0.39 is 30.7 Å². The highest BCUT2D eigenvalue weighted by Crippen LogP contribution is 2.44. The lowest BCUT2D eigenvalue weighted by atomic mass is 9.98. The zero-order valence-corrected chi connectivity index (χ0v) is 13.9. The number of carbonyl (C=O) groups is 2. The van der Waals surface area contributed by atoms with E-state index in [4.69, 9.17) is 9.84 Å². The number of alkyl halides is 3. The molecule has 0 saturated heterocycles. The summed E-state index contributed by atoms with van der Waals surface area (Å²) in [5.41, 5.74) is 3.82. The molecule has 2 N–H and O–H groups in total. The molecule has 0 aromatic heterocycles. The lowest BCUT2D eigenvalue weighted by Crippen LogP contribution is -2.49. The Labute approximate surface area is 152 Å². The van der Waals surface area contributed by atoms with Gasteiger partial charge in [-0.25, -0.2) is 22.8 Å². The first-order valence-corrected chi connectivity index (χ1v) is 8.16. The number of aliphatic carboxylic acids is 1. The minimum Gasteiger partial charge on any atom is -0.479 e. The Morgan fingerprint density at radius 3 is 2.00 bits per heavy atom. The molecule has 1 aliphatic carbocycles. The van der Waals surface area contributed by atoms with Gasteiger partial charge in [-0.15, -0.1) is 0 Å². The number of fused-ring (bicyclic) bond motifs is 3. The smallest absolute Gasteiger partial charge is 0.407 e. The molecule has 5 nitrogen and oxygen atoms in total. The molecule has 0 bridgehead atoms. The molecule has 0 fully saturated rings. The van der Waals surface area contributed by atoms with Gasteiger partial charge in [-0.1, -0.05) is 48.5 Å².